The van der Waals surface area contributed by atoms with E-state index in [0.29, 0.717) is 10.8 Å². The number of benzene rings is 1. The second-order valence-electron chi connectivity index (χ2n) is 4.25. The van der Waals surface area contributed by atoms with Gasteiger partial charge in [-0.1, -0.05) is 17.7 Å². The highest BCUT2D eigenvalue weighted by atomic mass is 32.1. The van der Waals surface area contributed by atoms with Gasteiger partial charge in [-0.25, -0.2) is 9.78 Å². The third-order valence-corrected chi connectivity index (χ3v) is 3.60. The maximum absolute atomic E-state index is 11.3. The van der Waals surface area contributed by atoms with E-state index in [2.05, 4.69) is 4.98 Å². The average molecular weight is 291 g/mol. The summed E-state index contributed by atoms with van der Waals surface area (Å²) in [6, 6.07) is 7.49. The van der Waals surface area contributed by atoms with Gasteiger partial charge in [-0.3, -0.25) is 4.79 Å². The molecule has 1 aromatic carbocycles. The van der Waals surface area contributed by atoms with Gasteiger partial charge >= 0.3 is 5.97 Å². The molecule has 104 valence electrons. The number of ether oxygens (including phenoxy) is 1. The lowest BCUT2D eigenvalue weighted by molar-refractivity contribution is 0.0697. The number of aryl methyl sites for hydroxylation is 1. The molecule has 0 unspecified atom stereocenters. The highest BCUT2D eigenvalue weighted by molar-refractivity contribution is 7.13. The maximum atomic E-state index is 11.3. The average Bonchev–Trinajstić information content (AvgIpc) is 2.83. The Labute approximate surface area is 119 Å². The number of ketones is 1. The van der Waals surface area contributed by atoms with Crippen molar-refractivity contribution in [1.29, 1.82) is 0 Å². The van der Waals surface area contributed by atoms with Crippen LogP contribution in [0, 0.1) is 6.92 Å². The molecule has 2 rings (SSSR count). The highest BCUT2D eigenvalue weighted by Crippen LogP contribution is 2.21. The molecule has 0 spiro atoms. The number of carbonyl (C=O) groups is 2. The fourth-order valence-electron chi connectivity index (χ4n) is 1.59. The normalized spacial score (nSPS) is 10.3. The Kier molecular flexibility index (Phi) is 4.14. The van der Waals surface area contributed by atoms with Gasteiger partial charge in [0, 0.05) is 6.92 Å². The van der Waals surface area contributed by atoms with E-state index in [0.717, 1.165) is 16.9 Å². The molecule has 0 bridgehead atoms. The Morgan fingerprint density at radius 2 is 1.95 bits per heavy atom. The number of hydrogen-bond acceptors (Lipinski definition) is 5. The number of aromatic carboxylic acids is 1. The van der Waals surface area contributed by atoms with Crippen LogP contribution in [0.5, 0.6) is 5.75 Å². The van der Waals surface area contributed by atoms with Crippen LogP contribution in [0.25, 0.3) is 0 Å². The topological polar surface area (TPSA) is 76.5 Å². The SMILES string of the molecule is CC(=O)c1nc(COc2ccc(C)cc2)sc1C(=O)O. The van der Waals surface area contributed by atoms with Crippen molar-refractivity contribution in [3.63, 3.8) is 0 Å². The first-order valence-corrected chi connectivity index (χ1v) is 6.72. The summed E-state index contributed by atoms with van der Waals surface area (Å²) in [6.45, 7) is 3.41. The molecule has 0 aliphatic heterocycles. The van der Waals surface area contributed by atoms with Crippen molar-refractivity contribution in [3.8, 4) is 5.75 Å². The molecule has 0 aliphatic carbocycles. The van der Waals surface area contributed by atoms with E-state index in [-0.39, 0.29) is 23.0 Å². The van der Waals surface area contributed by atoms with Gasteiger partial charge in [0.05, 0.1) is 0 Å². The molecule has 5 nitrogen and oxygen atoms in total. The van der Waals surface area contributed by atoms with Gasteiger partial charge < -0.3 is 9.84 Å². The Bertz CT molecular complexity index is 614. The Morgan fingerprint density at radius 3 is 2.45 bits per heavy atom. The van der Waals surface area contributed by atoms with Crippen molar-refractivity contribution in [2.24, 2.45) is 0 Å². The van der Waals surface area contributed by atoms with Gasteiger partial charge in [0.15, 0.2) is 5.78 Å². The fourth-order valence-corrected chi connectivity index (χ4v) is 2.45. The van der Waals surface area contributed by atoms with E-state index in [1.54, 1.807) is 0 Å². The van der Waals surface area contributed by atoms with Crippen LogP contribution >= 0.6 is 11.3 Å². The van der Waals surface area contributed by atoms with E-state index in [1.807, 2.05) is 31.2 Å². The molecule has 1 heterocycles. The number of thiazole rings is 1. The van der Waals surface area contributed by atoms with E-state index in [4.69, 9.17) is 9.84 Å². The zero-order chi connectivity index (χ0) is 14.7. The predicted octanol–water partition coefficient (Wildman–Crippen LogP) is 2.93. The lowest BCUT2D eigenvalue weighted by atomic mass is 10.2. The summed E-state index contributed by atoms with van der Waals surface area (Å²) in [4.78, 5) is 26.3. The highest BCUT2D eigenvalue weighted by Gasteiger charge is 2.20. The van der Waals surface area contributed by atoms with Gasteiger partial charge in [-0.2, -0.15) is 0 Å². The number of rotatable bonds is 5. The van der Waals surface area contributed by atoms with E-state index < -0.39 is 5.97 Å². The van der Waals surface area contributed by atoms with Crippen molar-refractivity contribution in [2.75, 3.05) is 0 Å². The molecular weight excluding hydrogens is 278 g/mol. The first-order chi connectivity index (χ1) is 9.47. The number of carbonyl (C=O) groups excluding carboxylic acids is 1. The minimum absolute atomic E-state index is 0.00925. The number of hydrogen-bond donors (Lipinski definition) is 1. The van der Waals surface area contributed by atoms with Crippen LogP contribution in [-0.4, -0.2) is 21.8 Å². The molecular formula is C14H13NO4S. The van der Waals surface area contributed by atoms with Crippen LogP contribution in [0.3, 0.4) is 0 Å². The van der Waals surface area contributed by atoms with Crippen LogP contribution in [-0.2, 0) is 6.61 Å². The van der Waals surface area contributed by atoms with Crippen molar-refractivity contribution < 1.29 is 19.4 Å². The monoisotopic (exact) mass is 291 g/mol. The number of nitrogens with zero attached hydrogens (tertiary/aromatic N) is 1. The van der Waals surface area contributed by atoms with Crippen LogP contribution < -0.4 is 4.74 Å². The summed E-state index contributed by atoms with van der Waals surface area (Å²) in [7, 11) is 0. The lowest BCUT2D eigenvalue weighted by Gasteiger charge is -2.03. The van der Waals surface area contributed by atoms with Gasteiger partial charge in [-0.05, 0) is 19.1 Å². The van der Waals surface area contributed by atoms with Crippen molar-refractivity contribution in [2.45, 2.75) is 20.5 Å². The van der Waals surface area contributed by atoms with Gasteiger partial charge in [0.2, 0.25) is 0 Å². The van der Waals surface area contributed by atoms with Crippen molar-refractivity contribution in [1.82, 2.24) is 4.98 Å². The molecule has 0 fully saturated rings. The summed E-state index contributed by atoms with van der Waals surface area (Å²) >= 11 is 0.962. The molecule has 0 amide bonds. The van der Waals surface area contributed by atoms with Crippen molar-refractivity contribution >= 4 is 23.1 Å². The minimum Gasteiger partial charge on any atom is -0.486 e. The first-order valence-electron chi connectivity index (χ1n) is 5.91. The molecule has 1 aromatic heterocycles. The van der Waals surface area contributed by atoms with E-state index in [1.165, 1.54) is 6.92 Å². The number of Topliss-reactive ketones (excluding diaryl/α,β-unsaturated/α-hetero) is 1. The van der Waals surface area contributed by atoms with Crippen molar-refractivity contribution in [3.05, 3.63) is 45.4 Å². The van der Waals surface area contributed by atoms with Crippen LogP contribution in [0.4, 0.5) is 0 Å². The largest absolute Gasteiger partial charge is 0.486 e. The molecule has 1 N–H and O–H groups in total. The minimum atomic E-state index is -1.14. The van der Waals surface area contributed by atoms with Gasteiger partial charge in [0.1, 0.15) is 27.9 Å². The second-order valence-corrected chi connectivity index (χ2v) is 5.33. The zero-order valence-corrected chi connectivity index (χ0v) is 11.9. The summed E-state index contributed by atoms with van der Waals surface area (Å²) in [5.41, 5.74) is 1.11. The van der Waals surface area contributed by atoms with Crippen LogP contribution in [0.2, 0.25) is 0 Å². The summed E-state index contributed by atoms with van der Waals surface area (Å²) in [5, 5.41) is 9.49. The molecule has 0 atom stereocenters. The maximum Gasteiger partial charge on any atom is 0.348 e. The Hall–Kier alpha value is -2.21. The fraction of sp³-hybridized carbons (Fsp3) is 0.214. The number of carboxylic acids is 1. The standard InChI is InChI=1S/C14H13NO4S/c1-8-3-5-10(6-4-8)19-7-11-15-12(9(2)16)13(20-11)14(17)18/h3-6H,7H2,1-2H3,(H,17,18). The second kappa shape index (κ2) is 5.83. The Balaban J connectivity index is 2.14. The van der Waals surface area contributed by atoms with Crippen LogP contribution in [0.15, 0.2) is 24.3 Å². The molecule has 6 heteroatoms. The molecule has 2 aromatic rings. The summed E-state index contributed by atoms with van der Waals surface area (Å²) < 4.78 is 5.52. The van der Waals surface area contributed by atoms with Gasteiger partial charge in [0.25, 0.3) is 0 Å². The third kappa shape index (κ3) is 3.21. The zero-order valence-electron chi connectivity index (χ0n) is 11.0. The molecule has 0 aliphatic rings. The Morgan fingerprint density at radius 1 is 1.30 bits per heavy atom. The predicted molar refractivity (Wildman–Crippen MR) is 74.6 cm³/mol. The number of aromatic nitrogens is 1. The summed E-state index contributed by atoms with van der Waals surface area (Å²) in [6.07, 6.45) is 0. The molecule has 0 saturated carbocycles. The van der Waals surface area contributed by atoms with Gasteiger partial charge in [-0.15, -0.1) is 11.3 Å². The first kappa shape index (κ1) is 14.2. The van der Waals surface area contributed by atoms with E-state index >= 15 is 0 Å². The third-order valence-electron chi connectivity index (χ3n) is 2.58. The smallest absolute Gasteiger partial charge is 0.348 e. The quantitative estimate of drug-likeness (QED) is 0.857. The van der Waals surface area contributed by atoms with E-state index in [9.17, 15) is 9.59 Å². The number of carboxylic acid groups (broad SMARTS) is 1. The summed E-state index contributed by atoms with van der Waals surface area (Å²) in [5.74, 6) is -0.832. The van der Waals surface area contributed by atoms with Crippen LogP contribution in [0.1, 0.15) is 37.7 Å². The molecule has 20 heavy (non-hydrogen) atoms. The lowest BCUT2D eigenvalue weighted by Crippen LogP contribution is -2.03. The molecule has 0 radical (unpaired) electrons. The molecule has 0 saturated heterocycles.